The molecule has 43 heavy (non-hydrogen) atoms. The Labute approximate surface area is 266 Å². The van der Waals surface area contributed by atoms with Gasteiger partial charge in [-0.05, 0) is 0 Å². The van der Waals surface area contributed by atoms with Crippen LogP contribution in [0.2, 0.25) is 19.9 Å². The van der Waals surface area contributed by atoms with Gasteiger partial charge in [-0.15, -0.1) is 0 Å². The Morgan fingerprint density at radius 1 is 0.837 bits per heavy atom. The average molecular weight is 716 g/mol. The summed E-state index contributed by atoms with van der Waals surface area (Å²) in [4.78, 5) is 33.3. The predicted octanol–water partition coefficient (Wildman–Crippen LogP) is 6.67. The quantitative estimate of drug-likeness (QED) is 0.241. The molecule has 0 aromatic heterocycles. The summed E-state index contributed by atoms with van der Waals surface area (Å²) in [6.07, 6.45) is 1.57. The van der Waals surface area contributed by atoms with Crippen molar-refractivity contribution in [3.8, 4) is 0 Å². The maximum atomic E-state index is 13.7. The molecular formula is C35H56N2O4SiSn. The Balaban J connectivity index is 2.43. The topological polar surface area (TPSA) is 76.7 Å². The van der Waals surface area contributed by atoms with Crippen molar-refractivity contribution in [1.82, 2.24) is 10.6 Å². The fraction of sp³-hybridized carbons (Fsp3) is 0.543. The standard InChI is InChI=1S/C32H47N2O4Si.3CH3.Sn/c1-11-27(33-29(35)28(23(2)3)34-30(36)38-31(5,6)7)24(4)22-37-39(32(8,9)10,25-18-14-12-15-19-25)26-20-16-13-17-21-26;;;;/h1,11-21,23-24,27-28H,22H2,2-10H3,(H,33,35)(H,34,36);3*1H3;/t24-,27+,28+;;;;/m1..../s1. The van der Waals surface area contributed by atoms with Gasteiger partial charge in [-0.3, -0.25) is 0 Å². The van der Waals surface area contributed by atoms with E-state index in [1.165, 1.54) is 10.4 Å². The van der Waals surface area contributed by atoms with E-state index in [2.05, 4.69) is 112 Å². The van der Waals surface area contributed by atoms with Gasteiger partial charge in [0.2, 0.25) is 0 Å². The van der Waals surface area contributed by atoms with Gasteiger partial charge in [-0.1, -0.05) is 0 Å². The third-order valence-electron chi connectivity index (χ3n) is 7.33. The number of alkyl carbamates (subject to hydrolysis) is 1. The van der Waals surface area contributed by atoms with Gasteiger partial charge in [0.15, 0.2) is 0 Å². The summed E-state index contributed by atoms with van der Waals surface area (Å²) in [5.41, 5.74) is -0.653. The molecule has 0 saturated carbocycles. The Kier molecular flexibility index (Phi) is 13.2. The first-order chi connectivity index (χ1) is 19.8. The van der Waals surface area contributed by atoms with E-state index in [4.69, 9.17) is 9.16 Å². The second-order valence-electron chi connectivity index (χ2n) is 15.1. The van der Waals surface area contributed by atoms with Gasteiger partial charge in [0.1, 0.15) is 0 Å². The van der Waals surface area contributed by atoms with E-state index in [1.807, 2.05) is 46.8 Å². The van der Waals surface area contributed by atoms with Crippen molar-refractivity contribution in [2.45, 2.75) is 99.9 Å². The number of carbonyl (C=O) groups is 2. The molecule has 2 aromatic rings. The van der Waals surface area contributed by atoms with Gasteiger partial charge < -0.3 is 0 Å². The molecule has 0 bridgehead atoms. The Morgan fingerprint density at radius 3 is 1.72 bits per heavy atom. The molecule has 0 saturated heterocycles. The summed E-state index contributed by atoms with van der Waals surface area (Å²) >= 11 is -2.33. The number of rotatable bonds is 12. The molecule has 2 aromatic carbocycles. The summed E-state index contributed by atoms with van der Waals surface area (Å²) < 4.78 is 15.0. The van der Waals surface area contributed by atoms with Crippen LogP contribution in [-0.2, 0) is 14.0 Å². The van der Waals surface area contributed by atoms with Crippen LogP contribution >= 0.6 is 0 Å². The molecule has 2 rings (SSSR count). The summed E-state index contributed by atoms with van der Waals surface area (Å²) in [5, 5.41) is 8.37. The third kappa shape index (κ3) is 11.1. The first kappa shape index (κ1) is 37.1. The minimum absolute atomic E-state index is 0.0233. The van der Waals surface area contributed by atoms with Crippen LogP contribution in [0.5, 0.6) is 0 Å². The van der Waals surface area contributed by atoms with E-state index in [-0.39, 0.29) is 28.8 Å². The van der Waals surface area contributed by atoms with Crippen LogP contribution in [0.4, 0.5) is 4.79 Å². The normalized spacial score (nSPS) is 15.2. The third-order valence-corrected chi connectivity index (χ3v) is 15.7. The van der Waals surface area contributed by atoms with Crippen LogP contribution in [-0.4, -0.2) is 63.0 Å². The van der Waals surface area contributed by atoms with Crippen LogP contribution in [0, 0.1) is 11.8 Å². The van der Waals surface area contributed by atoms with Crippen molar-refractivity contribution in [3.05, 3.63) is 70.8 Å². The Hall–Kier alpha value is -2.10. The van der Waals surface area contributed by atoms with Crippen LogP contribution in [0.3, 0.4) is 0 Å². The molecule has 2 amide bonds. The number of ether oxygens (including phenoxy) is 1. The van der Waals surface area contributed by atoms with Gasteiger partial charge in [0, 0.05) is 0 Å². The molecule has 6 nitrogen and oxygen atoms in total. The predicted molar refractivity (Wildman–Crippen MR) is 185 cm³/mol. The molecule has 0 fully saturated rings. The molecule has 3 atom stereocenters. The van der Waals surface area contributed by atoms with Crippen molar-refractivity contribution >= 4 is 49.1 Å². The van der Waals surface area contributed by atoms with E-state index < -0.39 is 44.4 Å². The molecule has 0 heterocycles. The molecule has 0 aliphatic carbocycles. The number of hydrogen-bond donors (Lipinski definition) is 2. The SMILES string of the molecule is CC(C)[C@H](NC(=O)OC(C)(C)C)C(=O)N[C@@H](/C=[CH]/[Sn]([CH3])([CH3])[CH3])[C@H](C)CO[Si](c1ccccc1)(c1ccccc1)C(C)(C)C. The summed E-state index contributed by atoms with van der Waals surface area (Å²) in [7, 11) is -2.74. The number of nitrogens with one attached hydrogen (secondary N) is 2. The molecule has 0 aliphatic rings. The van der Waals surface area contributed by atoms with Crippen LogP contribution in [0.25, 0.3) is 0 Å². The zero-order valence-corrected chi connectivity index (χ0v) is 32.4. The first-order valence-corrected chi connectivity index (χ1v) is 27.6. The minimum atomic E-state index is -2.74. The van der Waals surface area contributed by atoms with E-state index in [1.54, 1.807) is 0 Å². The van der Waals surface area contributed by atoms with Crippen LogP contribution < -0.4 is 21.0 Å². The monoisotopic (exact) mass is 716 g/mol. The second-order valence-corrected chi connectivity index (χ2v) is 33.8. The Bertz CT molecular complexity index is 1160. The second kappa shape index (κ2) is 15.3. The van der Waals surface area contributed by atoms with Gasteiger partial charge in [0.05, 0.1) is 0 Å². The van der Waals surface area contributed by atoms with Crippen molar-refractivity contribution in [2.75, 3.05) is 6.61 Å². The van der Waals surface area contributed by atoms with E-state index in [9.17, 15) is 9.59 Å². The molecule has 0 unspecified atom stereocenters. The zero-order valence-electron chi connectivity index (χ0n) is 28.6. The summed E-state index contributed by atoms with van der Waals surface area (Å²) in [6.45, 7) is 18.7. The maximum absolute atomic E-state index is 13.7. The van der Waals surface area contributed by atoms with Crippen molar-refractivity contribution in [3.63, 3.8) is 0 Å². The Morgan fingerprint density at radius 2 is 1.33 bits per heavy atom. The molecule has 238 valence electrons. The van der Waals surface area contributed by atoms with Crippen LogP contribution in [0.1, 0.15) is 62.3 Å². The molecule has 2 N–H and O–H groups in total. The zero-order chi connectivity index (χ0) is 32.6. The molecule has 0 radical (unpaired) electrons. The van der Waals surface area contributed by atoms with Crippen molar-refractivity contribution < 1.29 is 18.8 Å². The molecular weight excluding hydrogens is 659 g/mol. The van der Waals surface area contributed by atoms with Crippen molar-refractivity contribution in [1.29, 1.82) is 0 Å². The number of hydrogen-bond acceptors (Lipinski definition) is 4. The van der Waals surface area contributed by atoms with Gasteiger partial charge in [0.25, 0.3) is 0 Å². The summed E-state index contributed by atoms with van der Waals surface area (Å²) in [5.74, 6) is -0.371. The van der Waals surface area contributed by atoms with Gasteiger partial charge in [-0.2, -0.15) is 0 Å². The van der Waals surface area contributed by atoms with E-state index in [0.717, 1.165) is 0 Å². The fourth-order valence-electron chi connectivity index (χ4n) is 5.12. The van der Waals surface area contributed by atoms with Gasteiger partial charge in [-0.25, -0.2) is 0 Å². The van der Waals surface area contributed by atoms with Crippen LogP contribution in [0.15, 0.2) is 70.8 Å². The van der Waals surface area contributed by atoms with Crippen molar-refractivity contribution in [2.24, 2.45) is 11.8 Å². The fourth-order valence-corrected chi connectivity index (χ4v) is 12.0. The first-order valence-electron chi connectivity index (χ1n) is 15.5. The number of amides is 2. The number of benzene rings is 2. The molecule has 0 spiro atoms. The average Bonchev–Trinajstić information content (AvgIpc) is 2.88. The van der Waals surface area contributed by atoms with E-state index >= 15 is 0 Å². The van der Waals surface area contributed by atoms with E-state index in [0.29, 0.717) is 6.61 Å². The van der Waals surface area contributed by atoms with Gasteiger partial charge >= 0.3 is 268 Å². The number of carbonyl (C=O) groups excluding carboxylic acids is 2. The summed E-state index contributed by atoms with van der Waals surface area (Å²) in [6, 6.07) is 20.2. The molecule has 8 heteroatoms. The molecule has 0 aliphatic heterocycles.